The van der Waals surface area contributed by atoms with Crippen LogP contribution in [0, 0.1) is 0 Å². The fourth-order valence-corrected chi connectivity index (χ4v) is 4.65. The van der Waals surface area contributed by atoms with E-state index in [2.05, 4.69) is 39.8 Å². The lowest BCUT2D eigenvalue weighted by Crippen LogP contribution is -2.47. The first kappa shape index (κ1) is 24.9. The van der Waals surface area contributed by atoms with Crippen LogP contribution in [-0.2, 0) is 17.9 Å². The third kappa shape index (κ3) is 7.41. The normalized spacial score (nSPS) is 14.8. The molecule has 2 aromatic carbocycles. The molecule has 1 aliphatic rings. The molecule has 1 atom stereocenters. The average Bonchev–Trinajstić information content (AvgIpc) is 3.28. The van der Waals surface area contributed by atoms with E-state index in [1.54, 1.807) is 23.9 Å². The molecule has 32 heavy (non-hydrogen) atoms. The van der Waals surface area contributed by atoms with E-state index in [0.717, 1.165) is 17.9 Å². The van der Waals surface area contributed by atoms with Gasteiger partial charge in [-0.25, -0.2) is 0 Å². The maximum absolute atomic E-state index is 12.8. The zero-order valence-electron chi connectivity index (χ0n) is 18.2. The fourth-order valence-electron chi connectivity index (χ4n) is 3.69. The Balaban J connectivity index is 1.56. The van der Waals surface area contributed by atoms with Gasteiger partial charge in [0.15, 0.2) is 0 Å². The minimum absolute atomic E-state index is 0.210. The number of carbonyl (C=O) groups is 2. The van der Waals surface area contributed by atoms with E-state index in [4.69, 9.17) is 23.2 Å². The van der Waals surface area contributed by atoms with Crippen LogP contribution in [0.5, 0.6) is 0 Å². The Morgan fingerprint density at radius 2 is 1.75 bits per heavy atom. The topological polar surface area (TPSA) is 61.4 Å². The van der Waals surface area contributed by atoms with Gasteiger partial charge >= 0.3 is 0 Å². The largest absolute Gasteiger partial charge is 0.350 e. The van der Waals surface area contributed by atoms with E-state index >= 15 is 0 Å². The monoisotopic (exact) mass is 493 g/mol. The summed E-state index contributed by atoms with van der Waals surface area (Å²) in [6.07, 6.45) is 5.06. The van der Waals surface area contributed by atoms with Crippen molar-refractivity contribution in [2.24, 2.45) is 0 Å². The standard InChI is InChI=1S/C24H29Cl2N3O2S/c1-32-13-10-22(28-23(30)20-9-8-19(25)14-21(20)26)24(31)27-15-17-4-6-18(7-5-17)16-29-11-2-3-12-29/h4-9,14,22H,2-3,10-13,15-16H2,1H3,(H,27,31)(H,28,30). The first-order valence-electron chi connectivity index (χ1n) is 10.8. The summed E-state index contributed by atoms with van der Waals surface area (Å²) in [6, 6.07) is 12.4. The third-order valence-electron chi connectivity index (χ3n) is 5.50. The molecule has 0 aliphatic carbocycles. The van der Waals surface area contributed by atoms with Crippen LogP contribution in [0.4, 0.5) is 0 Å². The Bertz CT molecular complexity index is 918. The van der Waals surface area contributed by atoms with Crippen molar-refractivity contribution >= 4 is 46.8 Å². The number of hydrogen-bond acceptors (Lipinski definition) is 4. The molecule has 1 saturated heterocycles. The summed E-state index contributed by atoms with van der Waals surface area (Å²) < 4.78 is 0. The van der Waals surface area contributed by atoms with Crippen molar-refractivity contribution in [3.63, 3.8) is 0 Å². The average molecular weight is 494 g/mol. The summed E-state index contributed by atoms with van der Waals surface area (Å²) in [5.74, 6) is 0.149. The number of nitrogens with one attached hydrogen (secondary N) is 2. The molecule has 2 aromatic rings. The molecule has 2 N–H and O–H groups in total. The molecular weight excluding hydrogens is 465 g/mol. The van der Waals surface area contributed by atoms with Gasteiger partial charge in [-0.3, -0.25) is 14.5 Å². The summed E-state index contributed by atoms with van der Waals surface area (Å²) in [5, 5.41) is 6.48. The summed E-state index contributed by atoms with van der Waals surface area (Å²) in [7, 11) is 0. The fraction of sp³-hybridized carbons (Fsp3) is 0.417. The van der Waals surface area contributed by atoms with Crippen LogP contribution >= 0.6 is 35.0 Å². The number of thioether (sulfide) groups is 1. The predicted octanol–water partition coefficient (Wildman–Crippen LogP) is 4.76. The second-order valence-electron chi connectivity index (χ2n) is 7.95. The third-order valence-corrected chi connectivity index (χ3v) is 6.69. The molecule has 1 heterocycles. The number of rotatable bonds is 10. The highest BCUT2D eigenvalue weighted by Gasteiger charge is 2.22. The van der Waals surface area contributed by atoms with Crippen molar-refractivity contribution in [2.75, 3.05) is 25.1 Å². The number of likely N-dealkylation sites (tertiary alicyclic amines) is 1. The molecule has 2 amide bonds. The van der Waals surface area contributed by atoms with Gasteiger partial charge in [0.2, 0.25) is 5.91 Å². The Labute approximate surface area is 204 Å². The number of nitrogens with zero attached hydrogens (tertiary/aromatic N) is 1. The second kappa shape index (κ2) is 12.5. The van der Waals surface area contributed by atoms with E-state index in [0.29, 0.717) is 23.6 Å². The van der Waals surface area contributed by atoms with E-state index in [-0.39, 0.29) is 16.8 Å². The molecule has 3 rings (SSSR count). The van der Waals surface area contributed by atoms with Crippen molar-refractivity contribution in [3.8, 4) is 0 Å². The van der Waals surface area contributed by atoms with E-state index < -0.39 is 6.04 Å². The van der Waals surface area contributed by atoms with Crippen LogP contribution in [0.25, 0.3) is 0 Å². The van der Waals surface area contributed by atoms with Crippen molar-refractivity contribution < 1.29 is 9.59 Å². The Morgan fingerprint density at radius 1 is 1.06 bits per heavy atom. The zero-order valence-corrected chi connectivity index (χ0v) is 20.5. The summed E-state index contributed by atoms with van der Waals surface area (Å²) in [6.45, 7) is 3.73. The van der Waals surface area contributed by atoms with E-state index in [1.165, 1.54) is 37.6 Å². The van der Waals surface area contributed by atoms with Gasteiger partial charge < -0.3 is 10.6 Å². The SMILES string of the molecule is CSCCC(NC(=O)c1ccc(Cl)cc1Cl)C(=O)NCc1ccc(CN2CCCC2)cc1. The van der Waals surface area contributed by atoms with Crippen molar-refractivity contribution in [2.45, 2.75) is 38.4 Å². The van der Waals surface area contributed by atoms with Crippen molar-refractivity contribution in [1.82, 2.24) is 15.5 Å². The highest BCUT2D eigenvalue weighted by atomic mass is 35.5. The minimum Gasteiger partial charge on any atom is -0.350 e. The van der Waals surface area contributed by atoms with Crippen LogP contribution in [0.15, 0.2) is 42.5 Å². The van der Waals surface area contributed by atoms with Crippen LogP contribution < -0.4 is 10.6 Å². The van der Waals surface area contributed by atoms with Crippen LogP contribution in [0.2, 0.25) is 10.0 Å². The van der Waals surface area contributed by atoms with Gasteiger partial charge in [-0.2, -0.15) is 11.8 Å². The smallest absolute Gasteiger partial charge is 0.253 e. The number of benzene rings is 2. The summed E-state index contributed by atoms with van der Waals surface area (Å²) in [4.78, 5) is 28.0. The molecule has 0 radical (unpaired) electrons. The molecule has 5 nitrogen and oxygen atoms in total. The number of hydrogen-bond donors (Lipinski definition) is 2. The summed E-state index contributed by atoms with van der Waals surface area (Å²) in [5.41, 5.74) is 2.61. The quantitative estimate of drug-likeness (QED) is 0.500. The molecule has 1 aliphatic heterocycles. The lowest BCUT2D eigenvalue weighted by Gasteiger charge is -2.19. The van der Waals surface area contributed by atoms with E-state index in [1.807, 2.05) is 6.26 Å². The first-order chi connectivity index (χ1) is 15.5. The molecule has 8 heteroatoms. The van der Waals surface area contributed by atoms with Gasteiger partial charge in [0.1, 0.15) is 6.04 Å². The van der Waals surface area contributed by atoms with Gasteiger partial charge in [0.25, 0.3) is 5.91 Å². The molecule has 1 fully saturated rings. The second-order valence-corrected chi connectivity index (χ2v) is 9.78. The lowest BCUT2D eigenvalue weighted by atomic mass is 10.1. The Hall–Kier alpha value is -1.73. The number of carbonyl (C=O) groups excluding carboxylic acids is 2. The molecule has 0 aromatic heterocycles. The number of halogens is 2. The van der Waals surface area contributed by atoms with Gasteiger partial charge in [0, 0.05) is 18.1 Å². The van der Waals surface area contributed by atoms with Gasteiger partial charge in [-0.15, -0.1) is 0 Å². The van der Waals surface area contributed by atoms with Crippen LogP contribution in [0.3, 0.4) is 0 Å². The molecule has 1 unspecified atom stereocenters. The maximum Gasteiger partial charge on any atom is 0.253 e. The molecule has 0 bridgehead atoms. The van der Waals surface area contributed by atoms with Crippen molar-refractivity contribution in [3.05, 3.63) is 69.2 Å². The first-order valence-corrected chi connectivity index (χ1v) is 12.9. The highest BCUT2D eigenvalue weighted by Crippen LogP contribution is 2.21. The van der Waals surface area contributed by atoms with Gasteiger partial charge in [0.05, 0.1) is 10.6 Å². The van der Waals surface area contributed by atoms with Crippen molar-refractivity contribution in [1.29, 1.82) is 0 Å². The summed E-state index contributed by atoms with van der Waals surface area (Å²) >= 11 is 13.7. The highest BCUT2D eigenvalue weighted by molar-refractivity contribution is 7.98. The van der Waals surface area contributed by atoms with E-state index in [9.17, 15) is 9.59 Å². The predicted molar refractivity (Wildman–Crippen MR) is 134 cm³/mol. The van der Waals surface area contributed by atoms with Gasteiger partial charge in [-0.1, -0.05) is 47.5 Å². The lowest BCUT2D eigenvalue weighted by molar-refractivity contribution is -0.123. The maximum atomic E-state index is 12.8. The zero-order chi connectivity index (χ0) is 22.9. The van der Waals surface area contributed by atoms with Crippen LogP contribution in [0.1, 0.15) is 40.7 Å². The number of amides is 2. The van der Waals surface area contributed by atoms with Crippen LogP contribution in [-0.4, -0.2) is 47.9 Å². The minimum atomic E-state index is -0.642. The molecule has 172 valence electrons. The molecule has 0 saturated carbocycles. The molecule has 0 spiro atoms. The van der Waals surface area contributed by atoms with Gasteiger partial charge in [-0.05, 0) is 73.7 Å². The molecular formula is C24H29Cl2N3O2S. The Kier molecular flexibility index (Phi) is 9.72. The Morgan fingerprint density at radius 3 is 2.41 bits per heavy atom.